The summed E-state index contributed by atoms with van der Waals surface area (Å²) in [6.45, 7) is 0. The predicted octanol–water partition coefficient (Wildman–Crippen LogP) is 1.16. The monoisotopic (exact) mass is 348 g/mol. The Morgan fingerprint density at radius 3 is 2.47 bits per heavy atom. The molecule has 0 unspecified atom stereocenters. The third-order valence-electron chi connectivity index (χ3n) is 2.13. The molecule has 0 saturated heterocycles. The fourth-order valence-electron chi connectivity index (χ4n) is 1.33. The maximum atomic E-state index is 11.8. The van der Waals surface area contributed by atoms with Crippen LogP contribution in [0, 0.1) is 0 Å². The highest BCUT2D eigenvalue weighted by atomic mass is 79.9. The number of nitrogens with two attached hydrogens (primary N) is 1. The van der Waals surface area contributed by atoms with Gasteiger partial charge in [-0.25, -0.2) is 4.79 Å². The maximum Gasteiger partial charge on any atom is 0.326 e. The summed E-state index contributed by atoms with van der Waals surface area (Å²) in [6.07, 6.45) is -0.483. The molecule has 0 aliphatic carbocycles. The zero-order valence-corrected chi connectivity index (χ0v) is 11.9. The molecule has 1 atom stereocenters. The van der Waals surface area contributed by atoms with Gasteiger partial charge in [0.2, 0.25) is 5.91 Å². The third kappa shape index (κ3) is 4.88. The molecule has 1 rings (SSSR count). The molecule has 0 fully saturated rings. The van der Waals surface area contributed by atoms with E-state index in [-0.39, 0.29) is 5.56 Å². The Morgan fingerprint density at radius 2 is 2.00 bits per heavy atom. The predicted molar refractivity (Wildman–Crippen MR) is 71.9 cm³/mol. The summed E-state index contributed by atoms with van der Waals surface area (Å²) >= 11 is 8.94. The van der Waals surface area contributed by atoms with Gasteiger partial charge in [-0.2, -0.15) is 0 Å². The summed E-state index contributed by atoms with van der Waals surface area (Å²) in [5.41, 5.74) is 5.09. The second-order valence-electron chi connectivity index (χ2n) is 3.69. The SMILES string of the molecule is NC(=O)C[C@H](NC(=O)c1cc(Cl)cc(Br)c1)C(=O)O. The molecule has 19 heavy (non-hydrogen) atoms. The normalized spacial score (nSPS) is 11.7. The lowest BCUT2D eigenvalue weighted by atomic mass is 10.1. The minimum absolute atomic E-state index is 0.176. The molecule has 0 spiro atoms. The fraction of sp³-hybridized carbons (Fsp3) is 0.182. The molecule has 0 saturated carbocycles. The number of carbonyl (C=O) groups excluding carboxylic acids is 2. The molecule has 0 aliphatic rings. The topological polar surface area (TPSA) is 109 Å². The van der Waals surface area contributed by atoms with Gasteiger partial charge in [0.1, 0.15) is 6.04 Å². The van der Waals surface area contributed by atoms with E-state index in [0.717, 1.165) is 0 Å². The highest BCUT2D eigenvalue weighted by molar-refractivity contribution is 9.10. The molecular formula is C11H10BrClN2O4. The molecule has 6 nitrogen and oxygen atoms in total. The number of primary amides is 1. The zero-order valence-electron chi connectivity index (χ0n) is 9.52. The summed E-state index contributed by atoms with van der Waals surface area (Å²) in [7, 11) is 0. The van der Waals surface area contributed by atoms with Crippen molar-refractivity contribution in [2.75, 3.05) is 0 Å². The first-order valence-corrected chi connectivity index (χ1v) is 6.24. The smallest absolute Gasteiger partial charge is 0.326 e. The molecule has 0 heterocycles. The third-order valence-corrected chi connectivity index (χ3v) is 2.81. The number of benzene rings is 1. The molecule has 0 aliphatic heterocycles. The molecule has 1 aromatic carbocycles. The van der Waals surface area contributed by atoms with E-state index in [0.29, 0.717) is 9.50 Å². The highest BCUT2D eigenvalue weighted by Crippen LogP contribution is 2.19. The zero-order chi connectivity index (χ0) is 14.6. The first-order chi connectivity index (χ1) is 8.79. The molecular weight excluding hydrogens is 339 g/mol. The van der Waals surface area contributed by atoms with E-state index in [4.69, 9.17) is 22.4 Å². The maximum absolute atomic E-state index is 11.8. The number of halogens is 2. The number of amides is 2. The second kappa shape index (κ2) is 6.53. The highest BCUT2D eigenvalue weighted by Gasteiger charge is 2.22. The lowest BCUT2D eigenvalue weighted by molar-refractivity contribution is -0.140. The number of rotatable bonds is 5. The van der Waals surface area contributed by atoms with Crippen LogP contribution in [0.25, 0.3) is 0 Å². The number of nitrogens with one attached hydrogen (secondary N) is 1. The lowest BCUT2D eigenvalue weighted by Gasteiger charge is -2.13. The van der Waals surface area contributed by atoms with Gasteiger partial charge in [-0.1, -0.05) is 27.5 Å². The van der Waals surface area contributed by atoms with Crippen LogP contribution in [0.3, 0.4) is 0 Å². The summed E-state index contributed by atoms with van der Waals surface area (Å²) < 4.78 is 0.576. The van der Waals surface area contributed by atoms with E-state index in [9.17, 15) is 14.4 Å². The minimum atomic E-state index is -1.37. The van der Waals surface area contributed by atoms with Crippen LogP contribution in [-0.2, 0) is 9.59 Å². The molecule has 0 radical (unpaired) electrons. The largest absolute Gasteiger partial charge is 0.480 e. The van der Waals surface area contributed by atoms with Crippen molar-refractivity contribution in [2.24, 2.45) is 5.73 Å². The Bertz CT molecular complexity index is 515. The van der Waals surface area contributed by atoms with Crippen LogP contribution in [0.5, 0.6) is 0 Å². The van der Waals surface area contributed by atoms with Crippen molar-refractivity contribution in [3.8, 4) is 0 Å². The van der Waals surface area contributed by atoms with Crippen LogP contribution < -0.4 is 11.1 Å². The number of aliphatic carboxylic acids is 1. The summed E-state index contributed by atoms with van der Waals surface area (Å²) in [5.74, 6) is -2.81. The van der Waals surface area contributed by atoms with Crippen molar-refractivity contribution in [1.82, 2.24) is 5.32 Å². The van der Waals surface area contributed by atoms with E-state index < -0.39 is 30.2 Å². The van der Waals surface area contributed by atoms with Crippen LogP contribution >= 0.6 is 27.5 Å². The van der Waals surface area contributed by atoms with Gasteiger partial charge in [0.05, 0.1) is 6.42 Å². The van der Waals surface area contributed by atoms with Crippen molar-refractivity contribution >= 4 is 45.3 Å². The van der Waals surface area contributed by atoms with Crippen LogP contribution in [0.15, 0.2) is 22.7 Å². The van der Waals surface area contributed by atoms with E-state index >= 15 is 0 Å². The minimum Gasteiger partial charge on any atom is -0.480 e. The Kier molecular flexibility index (Phi) is 5.31. The molecule has 0 aromatic heterocycles. The fourth-order valence-corrected chi connectivity index (χ4v) is 2.19. The van der Waals surface area contributed by atoms with Gasteiger partial charge >= 0.3 is 5.97 Å². The van der Waals surface area contributed by atoms with Gasteiger partial charge in [-0.05, 0) is 18.2 Å². The van der Waals surface area contributed by atoms with E-state index in [2.05, 4.69) is 21.2 Å². The van der Waals surface area contributed by atoms with Gasteiger partial charge in [0, 0.05) is 15.1 Å². The number of hydrogen-bond donors (Lipinski definition) is 3. The molecule has 2 amide bonds. The Hall–Kier alpha value is -1.60. The average molecular weight is 350 g/mol. The Morgan fingerprint density at radius 1 is 1.37 bits per heavy atom. The van der Waals surface area contributed by atoms with Crippen LogP contribution in [0.1, 0.15) is 16.8 Å². The molecule has 1 aromatic rings. The first-order valence-electron chi connectivity index (χ1n) is 5.07. The van der Waals surface area contributed by atoms with Crippen molar-refractivity contribution in [3.05, 3.63) is 33.3 Å². The summed E-state index contributed by atoms with van der Waals surface area (Å²) in [5, 5.41) is 11.4. The van der Waals surface area contributed by atoms with E-state index in [1.54, 1.807) is 6.07 Å². The van der Waals surface area contributed by atoms with Gasteiger partial charge < -0.3 is 16.2 Å². The van der Waals surface area contributed by atoms with Crippen molar-refractivity contribution < 1.29 is 19.5 Å². The van der Waals surface area contributed by atoms with Gasteiger partial charge in [0.15, 0.2) is 0 Å². The lowest BCUT2D eigenvalue weighted by Crippen LogP contribution is -2.43. The molecule has 0 bridgehead atoms. The van der Waals surface area contributed by atoms with Gasteiger partial charge in [-0.3, -0.25) is 9.59 Å². The van der Waals surface area contributed by atoms with Crippen molar-refractivity contribution in [2.45, 2.75) is 12.5 Å². The quantitative estimate of drug-likeness (QED) is 0.741. The van der Waals surface area contributed by atoms with Gasteiger partial charge in [0.25, 0.3) is 5.91 Å². The van der Waals surface area contributed by atoms with Crippen LogP contribution in [-0.4, -0.2) is 28.9 Å². The summed E-state index contributed by atoms with van der Waals surface area (Å²) in [6, 6.07) is 3.06. The number of carboxylic acids is 1. The number of carbonyl (C=O) groups is 3. The second-order valence-corrected chi connectivity index (χ2v) is 5.04. The van der Waals surface area contributed by atoms with Gasteiger partial charge in [-0.15, -0.1) is 0 Å². The molecule has 102 valence electrons. The van der Waals surface area contributed by atoms with Crippen molar-refractivity contribution in [1.29, 1.82) is 0 Å². The Balaban J connectivity index is 2.87. The van der Waals surface area contributed by atoms with E-state index in [1.807, 2.05) is 0 Å². The summed E-state index contributed by atoms with van der Waals surface area (Å²) in [4.78, 5) is 33.4. The standard InChI is InChI=1S/C11H10BrClN2O4/c12-6-1-5(2-7(13)3-6)10(17)15-8(11(18)19)4-9(14)16/h1-3,8H,4H2,(H2,14,16)(H,15,17)(H,18,19)/t8-/m0/s1. The molecule has 8 heteroatoms. The Labute approximate surface area is 122 Å². The first kappa shape index (κ1) is 15.5. The van der Waals surface area contributed by atoms with Crippen LogP contribution in [0.4, 0.5) is 0 Å². The number of carboxylic acid groups (broad SMARTS) is 1. The van der Waals surface area contributed by atoms with Crippen molar-refractivity contribution in [3.63, 3.8) is 0 Å². The average Bonchev–Trinajstić information content (AvgIpc) is 2.25. The van der Waals surface area contributed by atoms with E-state index in [1.165, 1.54) is 12.1 Å². The number of hydrogen-bond acceptors (Lipinski definition) is 3. The van der Waals surface area contributed by atoms with Crippen LogP contribution in [0.2, 0.25) is 5.02 Å². The molecule has 4 N–H and O–H groups in total.